The highest BCUT2D eigenvalue weighted by Gasteiger charge is 2.42. The third kappa shape index (κ3) is 6.16. The van der Waals surface area contributed by atoms with Gasteiger partial charge >= 0.3 is 5.97 Å². The van der Waals surface area contributed by atoms with Crippen molar-refractivity contribution in [3.8, 4) is 0 Å². The molecule has 0 spiro atoms. The van der Waals surface area contributed by atoms with Gasteiger partial charge in [0, 0.05) is 50.8 Å². The maximum Gasteiger partial charge on any atom is 0.311 e. The van der Waals surface area contributed by atoms with Crippen molar-refractivity contribution in [3.63, 3.8) is 0 Å². The fourth-order valence-corrected chi connectivity index (χ4v) is 5.61. The van der Waals surface area contributed by atoms with Crippen LogP contribution >= 0.6 is 24.8 Å². The zero-order valence-corrected chi connectivity index (χ0v) is 21.5. The van der Waals surface area contributed by atoms with Crippen LogP contribution in [0.25, 0.3) is 0 Å². The number of carboxylic acids is 1. The third-order valence-electron chi connectivity index (χ3n) is 6.64. The molecule has 1 fully saturated rings. The van der Waals surface area contributed by atoms with Gasteiger partial charge in [0.1, 0.15) is 0 Å². The summed E-state index contributed by atoms with van der Waals surface area (Å²) in [6.45, 7) is 1.84. The fourth-order valence-electron chi connectivity index (χ4n) is 4.44. The molecule has 0 atom stereocenters. The van der Waals surface area contributed by atoms with Gasteiger partial charge in [-0.05, 0) is 54.7 Å². The molecule has 1 aromatic carbocycles. The minimum Gasteiger partial charge on any atom is -0.481 e. The number of fused-ring (bicyclic) bond motifs is 1. The summed E-state index contributed by atoms with van der Waals surface area (Å²) in [5.74, 6) is -1.05. The number of aliphatic carboxylic acids is 1. The van der Waals surface area contributed by atoms with Crippen LogP contribution in [0.5, 0.6) is 0 Å². The number of nitrogens with two attached hydrogens (primary N) is 1. The quantitative estimate of drug-likeness (QED) is 0.317. The number of guanidine groups is 1. The van der Waals surface area contributed by atoms with Gasteiger partial charge in [-0.3, -0.25) is 15.2 Å². The summed E-state index contributed by atoms with van der Waals surface area (Å²) in [6, 6.07) is 8.66. The standard InChI is InChI=1S/C22H28N6O4S.2ClH/c23-21(24)28-10-5-16-1-2-19(13-17(16)14-28)33(31,32)26-15-22(20(29)30)6-11-27(12-7-22)18-3-8-25-9-4-18;;/h1-4,8-9,13,26H,5-7,10-12,14-15H2,(H3,23,24)(H,29,30);2*1H. The molecule has 5 N–H and O–H groups in total. The van der Waals surface area contributed by atoms with Crippen LogP contribution in [-0.2, 0) is 27.8 Å². The average Bonchev–Trinajstić information content (AvgIpc) is 2.83. The fraction of sp³-hybridized carbons (Fsp3) is 0.409. The maximum absolute atomic E-state index is 13.0. The van der Waals surface area contributed by atoms with E-state index in [1.807, 2.05) is 12.1 Å². The second-order valence-corrected chi connectivity index (χ2v) is 10.4. The molecule has 0 radical (unpaired) electrons. The molecule has 0 aliphatic carbocycles. The Bertz CT molecular complexity index is 1160. The molecule has 2 aliphatic rings. The molecule has 4 rings (SSSR count). The van der Waals surface area contributed by atoms with E-state index in [-0.39, 0.29) is 42.2 Å². The predicted octanol–water partition coefficient (Wildman–Crippen LogP) is 1.83. The van der Waals surface area contributed by atoms with Crippen molar-refractivity contribution in [3.05, 3.63) is 53.9 Å². The van der Waals surface area contributed by atoms with E-state index in [4.69, 9.17) is 11.1 Å². The summed E-state index contributed by atoms with van der Waals surface area (Å²) in [5.41, 5.74) is 7.21. The van der Waals surface area contributed by atoms with Gasteiger partial charge in [0.25, 0.3) is 0 Å². The van der Waals surface area contributed by atoms with Crippen LogP contribution in [0, 0.1) is 10.8 Å². The number of benzene rings is 1. The lowest BCUT2D eigenvalue weighted by Gasteiger charge is -2.39. The SMILES string of the molecule is Cl.Cl.N=C(N)N1CCc2ccc(S(=O)(=O)NCC3(C(=O)O)CCN(c4ccncc4)CC3)cc2C1. The molecule has 0 bridgehead atoms. The average molecular weight is 545 g/mol. The highest BCUT2D eigenvalue weighted by Crippen LogP contribution is 2.34. The van der Waals surface area contributed by atoms with E-state index in [0.717, 1.165) is 16.8 Å². The van der Waals surface area contributed by atoms with Crippen molar-refractivity contribution >= 4 is 52.5 Å². The van der Waals surface area contributed by atoms with Crippen LogP contribution in [0.2, 0.25) is 0 Å². The van der Waals surface area contributed by atoms with Gasteiger partial charge in [-0.15, -0.1) is 24.8 Å². The zero-order valence-electron chi connectivity index (χ0n) is 19.0. The lowest BCUT2D eigenvalue weighted by atomic mass is 9.78. The van der Waals surface area contributed by atoms with Crippen molar-refractivity contribution in [1.82, 2.24) is 14.6 Å². The van der Waals surface area contributed by atoms with Crippen LogP contribution in [0.15, 0.2) is 47.6 Å². The van der Waals surface area contributed by atoms with Crippen LogP contribution in [0.4, 0.5) is 5.69 Å². The third-order valence-corrected chi connectivity index (χ3v) is 8.04. The van der Waals surface area contributed by atoms with Gasteiger partial charge in [0.15, 0.2) is 5.96 Å². The second-order valence-electron chi connectivity index (χ2n) is 8.59. The van der Waals surface area contributed by atoms with Gasteiger partial charge in [-0.2, -0.15) is 0 Å². The van der Waals surface area contributed by atoms with Gasteiger partial charge in [0.05, 0.1) is 10.3 Å². The summed E-state index contributed by atoms with van der Waals surface area (Å²) < 4.78 is 28.6. The summed E-state index contributed by atoms with van der Waals surface area (Å²) in [6.07, 6.45) is 4.71. The molecule has 0 amide bonds. The molecule has 2 aromatic rings. The summed E-state index contributed by atoms with van der Waals surface area (Å²) in [5, 5.41) is 17.6. The number of aromatic nitrogens is 1. The van der Waals surface area contributed by atoms with Gasteiger partial charge in [-0.1, -0.05) is 6.07 Å². The molecular weight excluding hydrogens is 515 g/mol. The van der Waals surface area contributed by atoms with Crippen molar-refractivity contribution in [2.24, 2.45) is 11.1 Å². The number of anilines is 1. The van der Waals surface area contributed by atoms with E-state index in [9.17, 15) is 18.3 Å². The molecular formula is C22H30Cl2N6O4S. The summed E-state index contributed by atoms with van der Waals surface area (Å²) in [7, 11) is -3.91. The first-order chi connectivity index (χ1) is 15.7. The van der Waals surface area contributed by atoms with E-state index < -0.39 is 21.4 Å². The number of nitrogens with zero attached hydrogens (tertiary/aromatic N) is 3. The van der Waals surface area contributed by atoms with Crippen LogP contribution in [-0.4, -0.2) is 61.5 Å². The van der Waals surface area contributed by atoms with Crippen molar-refractivity contribution in [1.29, 1.82) is 5.41 Å². The first-order valence-electron chi connectivity index (χ1n) is 10.8. The number of piperidine rings is 1. The monoisotopic (exact) mass is 544 g/mol. The molecule has 3 heterocycles. The van der Waals surface area contributed by atoms with E-state index in [1.165, 1.54) is 0 Å². The first-order valence-corrected chi connectivity index (χ1v) is 12.3. The minimum absolute atomic E-state index is 0. The van der Waals surface area contributed by atoms with Crippen molar-refractivity contribution < 1.29 is 18.3 Å². The van der Waals surface area contributed by atoms with Crippen LogP contribution < -0.4 is 15.4 Å². The lowest BCUT2D eigenvalue weighted by Crippen LogP contribution is -2.50. The minimum atomic E-state index is -3.91. The molecule has 1 aromatic heterocycles. The van der Waals surface area contributed by atoms with E-state index >= 15 is 0 Å². The van der Waals surface area contributed by atoms with Crippen molar-refractivity contribution in [2.75, 3.05) is 31.1 Å². The number of pyridine rings is 1. The van der Waals surface area contributed by atoms with Gasteiger partial charge in [-0.25, -0.2) is 13.1 Å². The molecule has 2 aliphatic heterocycles. The topological polar surface area (TPSA) is 153 Å². The predicted molar refractivity (Wildman–Crippen MR) is 138 cm³/mol. The Hall–Kier alpha value is -2.60. The Labute approximate surface area is 217 Å². The Balaban J connectivity index is 0.00000216. The largest absolute Gasteiger partial charge is 0.481 e. The normalized spacial score (nSPS) is 16.9. The van der Waals surface area contributed by atoms with Gasteiger partial charge < -0.3 is 20.6 Å². The van der Waals surface area contributed by atoms with Crippen LogP contribution in [0.3, 0.4) is 0 Å². The lowest BCUT2D eigenvalue weighted by molar-refractivity contribution is -0.149. The number of nitrogens with one attached hydrogen (secondary N) is 2. The Morgan fingerprint density at radius 1 is 1.11 bits per heavy atom. The molecule has 192 valence electrons. The summed E-state index contributed by atoms with van der Waals surface area (Å²) in [4.78, 5) is 20.0. The molecule has 0 unspecified atom stereocenters. The molecule has 0 saturated carbocycles. The number of sulfonamides is 1. The highest BCUT2D eigenvalue weighted by atomic mass is 35.5. The zero-order chi connectivity index (χ0) is 23.6. The van der Waals surface area contributed by atoms with E-state index in [0.29, 0.717) is 45.4 Å². The highest BCUT2D eigenvalue weighted by molar-refractivity contribution is 7.89. The first kappa shape index (κ1) is 28.6. The smallest absolute Gasteiger partial charge is 0.311 e. The number of halogens is 2. The number of rotatable bonds is 6. The Kier molecular flexibility index (Phi) is 9.35. The molecule has 35 heavy (non-hydrogen) atoms. The number of carboxylic acid groups (broad SMARTS) is 1. The van der Waals surface area contributed by atoms with E-state index in [2.05, 4.69) is 14.6 Å². The number of hydrogen-bond donors (Lipinski definition) is 4. The van der Waals surface area contributed by atoms with Gasteiger partial charge in [0.2, 0.25) is 10.0 Å². The summed E-state index contributed by atoms with van der Waals surface area (Å²) >= 11 is 0. The Morgan fingerprint density at radius 3 is 2.37 bits per heavy atom. The number of carbonyl (C=O) groups is 1. The molecule has 13 heteroatoms. The van der Waals surface area contributed by atoms with Crippen LogP contribution in [0.1, 0.15) is 24.0 Å². The van der Waals surface area contributed by atoms with Crippen molar-refractivity contribution in [2.45, 2.75) is 30.7 Å². The number of hydrogen-bond acceptors (Lipinski definition) is 6. The Morgan fingerprint density at radius 2 is 1.77 bits per heavy atom. The maximum atomic E-state index is 13.0. The molecule has 1 saturated heterocycles. The second kappa shape index (κ2) is 11.4. The molecule has 10 nitrogen and oxygen atoms in total. The van der Waals surface area contributed by atoms with E-state index in [1.54, 1.807) is 35.5 Å².